The van der Waals surface area contributed by atoms with E-state index in [1.165, 1.54) is 31.6 Å². The Kier molecular flexibility index (Phi) is 4.54. The molecule has 0 saturated carbocycles. The summed E-state index contributed by atoms with van der Waals surface area (Å²) < 4.78 is 31.6. The number of hydrogen-bond acceptors (Lipinski definition) is 5. The third kappa shape index (κ3) is 3.06. The van der Waals surface area contributed by atoms with Crippen molar-refractivity contribution in [3.63, 3.8) is 0 Å². The lowest BCUT2D eigenvalue weighted by atomic mass is 10.0. The fourth-order valence-corrected chi connectivity index (χ4v) is 1.87. The largest absolute Gasteiger partial charge is 0.480 e. The van der Waals surface area contributed by atoms with Gasteiger partial charge in [-0.2, -0.15) is 0 Å². The molecule has 0 aliphatic heterocycles. The molecule has 0 radical (unpaired) electrons. The van der Waals surface area contributed by atoms with Crippen LogP contribution in [0.4, 0.5) is 8.78 Å². The van der Waals surface area contributed by atoms with E-state index < -0.39 is 17.7 Å². The number of rotatable bonds is 5. The number of nitrogens with zero attached hydrogens (tertiary/aromatic N) is 2. The highest BCUT2D eigenvalue weighted by atomic mass is 19.1. The van der Waals surface area contributed by atoms with Gasteiger partial charge in [0, 0.05) is 18.5 Å². The summed E-state index contributed by atoms with van der Waals surface area (Å²) >= 11 is 0. The van der Waals surface area contributed by atoms with Crippen LogP contribution in [-0.2, 0) is 6.42 Å². The van der Waals surface area contributed by atoms with Gasteiger partial charge in [-0.15, -0.1) is 0 Å². The van der Waals surface area contributed by atoms with Crippen LogP contribution in [0.15, 0.2) is 30.6 Å². The molecule has 0 amide bonds. The molecule has 5 nitrogen and oxygen atoms in total. The van der Waals surface area contributed by atoms with E-state index in [0.29, 0.717) is 17.1 Å². The smallest absolute Gasteiger partial charge is 0.237 e. The van der Waals surface area contributed by atoms with Gasteiger partial charge in [0.15, 0.2) is 0 Å². The Morgan fingerprint density at radius 3 is 2.70 bits per heavy atom. The molecule has 0 spiro atoms. The van der Waals surface area contributed by atoms with Crippen molar-refractivity contribution < 1.29 is 13.5 Å². The molecule has 20 heavy (non-hydrogen) atoms. The Morgan fingerprint density at radius 2 is 2.05 bits per heavy atom. The summed E-state index contributed by atoms with van der Waals surface area (Å²) in [6.45, 7) is 0. The molecule has 3 N–H and O–H groups in total. The molecule has 2 aromatic rings. The van der Waals surface area contributed by atoms with Crippen LogP contribution in [0, 0.1) is 11.6 Å². The maximum absolute atomic E-state index is 13.7. The highest BCUT2D eigenvalue weighted by Gasteiger charge is 2.19. The first kappa shape index (κ1) is 14.3. The van der Waals surface area contributed by atoms with Gasteiger partial charge in [-0.05, 0) is 18.1 Å². The maximum Gasteiger partial charge on any atom is 0.237 e. The van der Waals surface area contributed by atoms with Gasteiger partial charge in [-0.3, -0.25) is 16.3 Å². The maximum atomic E-state index is 13.7. The second-order valence-electron chi connectivity index (χ2n) is 4.11. The fourth-order valence-electron chi connectivity index (χ4n) is 1.87. The summed E-state index contributed by atoms with van der Waals surface area (Å²) in [5.41, 5.74) is 3.32. The standard InChI is InChI=1S/C13H14F2N4O/c1-20-13-12(17-4-5-18-13)11(19-16)6-8-2-3-9(14)7-10(8)15/h2-5,7,11,19H,6,16H2,1H3. The number of methoxy groups -OCH3 is 1. The van der Waals surface area contributed by atoms with Crippen LogP contribution in [0.2, 0.25) is 0 Å². The summed E-state index contributed by atoms with van der Waals surface area (Å²) in [5, 5.41) is 0. The molecule has 7 heteroatoms. The van der Waals surface area contributed by atoms with Gasteiger partial charge in [-0.1, -0.05) is 6.07 Å². The number of ether oxygens (including phenoxy) is 1. The number of hydrogen-bond donors (Lipinski definition) is 2. The molecule has 1 aromatic heterocycles. The van der Waals surface area contributed by atoms with Crippen LogP contribution in [0.5, 0.6) is 5.88 Å². The van der Waals surface area contributed by atoms with Crippen molar-refractivity contribution in [3.05, 3.63) is 53.5 Å². The molecule has 106 valence electrons. The van der Waals surface area contributed by atoms with Crippen molar-refractivity contribution in [2.24, 2.45) is 5.84 Å². The first-order valence-electron chi connectivity index (χ1n) is 5.90. The molecule has 0 fully saturated rings. The molecule has 1 aromatic carbocycles. The van der Waals surface area contributed by atoms with Gasteiger partial charge in [-0.25, -0.2) is 13.8 Å². The number of benzene rings is 1. The molecule has 0 bridgehead atoms. The zero-order valence-corrected chi connectivity index (χ0v) is 10.8. The van der Waals surface area contributed by atoms with Crippen LogP contribution < -0.4 is 16.0 Å². The van der Waals surface area contributed by atoms with Crippen LogP contribution in [-0.4, -0.2) is 17.1 Å². The van der Waals surface area contributed by atoms with Crippen molar-refractivity contribution in [1.29, 1.82) is 0 Å². The molecule has 0 saturated heterocycles. The number of aromatic nitrogens is 2. The van der Waals surface area contributed by atoms with Gasteiger partial charge in [0.2, 0.25) is 5.88 Å². The van der Waals surface area contributed by atoms with Gasteiger partial charge >= 0.3 is 0 Å². The minimum atomic E-state index is -0.631. The van der Waals surface area contributed by atoms with Crippen LogP contribution in [0.3, 0.4) is 0 Å². The number of halogens is 2. The Bertz CT molecular complexity index is 594. The number of nitrogens with one attached hydrogen (secondary N) is 1. The second kappa shape index (κ2) is 6.36. The van der Waals surface area contributed by atoms with Gasteiger partial charge in [0.25, 0.3) is 0 Å². The molecule has 1 unspecified atom stereocenters. The first-order valence-corrected chi connectivity index (χ1v) is 5.90. The topological polar surface area (TPSA) is 73.1 Å². The predicted octanol–water partition coefficient (Wildman–Crippen LogP) is 1.51. The van der Waals surface area contributed by atoms with E-state index in [2.05, 4.69) is 15.4 Å². The monoisotopic (exact) mass is 280 g/mol. The first-order chi connectivity index (χ1) is 9.65. The quantitative estimate of drug-likeness (QED) is 0.641. The summed E-state index contributed by atoms with van der Waals surface area (Å²) in [6.07, 6.45) is 3.16. The molecular weight excluding hydrogens is 266 g/mol. The third-order valence-electron chi connectivity index (χ3n) is 2.85. The van der Waals surface area contributed by atoms with E-state index in [-0.39, 0.29) is 6.42 Å². The van der Waals surface area contributed by atoms with E-state index in [4.69, 9.17) is 10.6 Å². The van der Waals surface area contributed by atoms with E-state index in [0.717, 1.165) is 6.07 Å². The van der Waals surface area contributed by atoms with Crippen molar-refractivity contribution in [3.8, 4) is 5.88 Å². The summed E-state index contributed by atoms with van der Waals surface area (Å²) in [4.78, 5) is 8.15. The third-order valence-corrected chi connectivity index (χ3v) is 2.85. The highest BCUT2D eigenvalue weighted by Crippen LogP contribution is 2.24. The van der Waals surface area contributed by atoms with Crippen LogP contribution >= 0.6 is 0 Å². The van der Waals surface area contributed by atoms with Crippen molar-refractivity contribution in [2.45, 2.75) is 12.5 Å². The normalized spacial score (nSPS) is 12.2. The average Bonchev–Trinajstić information content (AvgIpc) is 2.46. The van der Waals surface area contributed by atoms with E-state index in [1.807, 2.05) is 0 Å². The number of nitrogens with two attached hydrogens (primary N) is 1. The van der Waals surface area contributed by atoms with Gasteiger partial charge in [0.1, 0.15) is 17.3 Å². The zero-order valence-electron chi connectivity index (χ0n) is 10.8. The lowest BCUT2D eigenvalue weighted by Gasteiger charge is -2.17. The predicted molar refractivity (Wildman–Crippen MR) is 68.7 cm³/mol. The fraction of sp³-hybridized carbons (Fsp3) is 0.231. The lowest BCUT2D eigenvalue weighted by Crippen LogP contribution is -2.31. The lowest BCUT2D eigenvalue weighted by molar-refractivity contribution is 0.376. The van der Waals surface area contributed by atoms with Crippen molar-refractivity contribution >= 4 is 0 Å². The van der Waals surface area contributed by atoms with Crippen LogP contribution in [0.1, 0.15) is 17.3 Å². The SMILES string of the molecule is COc1nccnc1C(Cc1ccc(F)cc1F)NN. The molecule has 0 aliphatic carbocycles. The molecule has 0 aliphatic rings. The Balaban J connectivity index is 2.29. The summed E-state index contributed by atoms with van der Waals surface area (Å²) in [5.74, 6) is 4.53. The van der Waals surface area contributed by atoms with E-state index in [1.54, 1.807) is 0 Å². The Morgan fingerprint density at radius 1 is 1.30 bits per heavy atom. The zero-order chi connectivity index (χ0) is 14.5. The van der Waals surface area contributed by atoms with E-state index in [9.17, 15) is 8.78 Å². The Labute approximate surface area is 114 Å². The Hall–Kier alpha value is -2.12. The average molecular weight is 280 g/mol. The molecule has 1 atom stereocenters. The minimum absolute atomic E-state index is 0.192. The van der Waals surface area contributed by atoms with Crippen molar-refractivity contribution in [2.75, 3.05) is 7.11 Å². The van der Waals surface area contributed by atoms with Crippen molar-refractivity contribution in [1.82, 2.24) is 15.4 Å². The van der Waals surface area contributed by atoms with Gasteiger partial charge < -0.3 is 4.74 Å². The second-order valence-corrected chi connectivity index (χ2v) is 4.11. The van der Waals surface area contributed by atoms with Gasteiger partial charge in [0.05, 0.1) is 13.2 Å². The van der Waals surface area contributed by atoms with Crippen LogP contribution in [0.25, 0.3) is 0 Å². The summed E-state index contributed by atoms with van der Waals surface area (Å²) in [6, 6.07) is 2.90. The van der Waals surface area contributed by atoms with E-state index >= 15 is 0 Å². The molecular formula is C13H14F2N4O. The highest BCUT2D eigenvalue weighted by molar-refractivity contribution is 5.26. The molecule has 1 heterocycles. The summed E-state index contributed by atoms with van der Waals surface area (Å²) in [7, 11) is 1.46. The molecule has 2 rings (SSSR count). The minimum Gasteiger partial charge on any atom is -0.480 e. The number of hydrazine groups is 1.